The van der Waals surface area contributed by atoms with E-state index >= 15 is 0 Å². The molecule has 2 amide bonds. The zero-order valence-corrected chi connectivity index (χ0v) is 11.5. The van der Waals surface area contributed by atoms with Crippen molar-refractivity contribution in [3.8, 4) is 0 Å². The summed E-state index contributed by atoms with van der Waals surface area (Å²) < 4.78 is 0. The number of carbonyl (C=O) groups is 3. The minimum absolute atomic E-state index is 0.0418. The van der Waals surface area contributed by atoms with Crippen molar-refractivity contribution in [2.75, 3.05) is 18.8 Å². The van der Waals surface area contributed by atoms with E-state index in [0.717, 1.165) is 24.6 Å². The van der Waals surface area contributed by atoms with Crippen LogP contribution in [0.3, 0.4) is 0 Å². The third-order valence-corrected chi connectivity index (χ3v) is 3.32. The molecule has 0 spiro atoms. The fourth-order valence-corrected chi connectivity index (χ4v) is 1.74. The standard InChI is InChI=1S/C12H18N2O3S/c1-8(10-3-4-10)5-13-11(16)6-14-12(17)7-18-9(2)15/h3-7H2,1-2H3,(H,13,16)(H,14,17). The van der Waals surface area contributed by atoms with E-state index in [1.54, 1.807) is 0 Å². The van der Waals surface area contributed by atoms with E-state index in [1.807, 2.05) is 6.92 Å². The Bertz CT molecular complexity index is 385. The average Bonchev–Trinajstić information content (AvgIpc) is 3.14. The van der Waals surface area contributed by atoms with Crippen LogP contribution in [0.2, 0.25) is 0 Å². The van der Waals surface area contributed by atoms with Gasteiger partial charge in [-0.05, 0) is 19.8 Å². The predicted molar refractivity (Wildman–Crippen MR) is 71.1 cm³/mol. The van der Waals surface area contributed by atoms with Crippen LogP contribution in [0.5, 0.6) is 0 Å². The van der Waals surface area contributed by atoms with Crippen LogP contribution in [0.25, 0.3) is 0 Å². The summed E-state index contributed by atoms with van der Waals surface area (Å²) in [4.78, 5) is 33.3. The van der Waals surface area contributed by atoms with Crippen molar-refractivity contribution in [3.63, 3.8) is 0 Å². The lowest BCUT2D eigenvalue weighted by atomic mass is 10.2. The minimum Gasteiger partial charge on any atom is -0.351 e. The van der Waals surface area contributed by atoms with Gasteiger partial charge in [0.05, 0.1) is 12.3 Å². The van der Waals surface area contributed by atoms with Gasteiger partial charge in [0.25, 0.3) is 0 Å². The van der Waals surface area contributed by atoms with Crippen LogP contribution < -0.4 is 10.6 Å². The second-order valence-electron chi connectivity index (χ2n) is 4.22. The van der Waals surface area contributed by atoms with E-state index in [1.165, 1.54) is 18.1 Å². The van der Waals surface area contributed by atoms with Gasteiger partial charge in [-0.25, -0.2) is 0 Å². The van der Waals surface area contributed by atoms with Crippen molar-refractivity contribution in [1.82, 2.24) is 10.6 Å². The molecule has 0 bridgehead atoms. The number of hydrogen-bond acceptors (Lipinski definition) is 4. The molecule has 0 unspecified atom stereocenters. The van der Waals surface area contributed by atoms with E-state index in [4.69, 9.17) is 0 Å². The van der Waals surface area contributed by atoms with Crippen molar-refractivity contribution >= 4 is 28.7 Å². The number of allylic oxidation sites excluding steroid dienone is 1. The fourth-order valence-electron chi connectivity index (χ4n) is 1.31. The van der Waals surface area contributed by atoms with Crippen molar-refractivity contribution < 1.29 is 14.4 Å². The van der Waals surface area contributed by atoms with Crippen LogP contribution in [0.15, 0.2) is 11.1 Å². The van der Waals surface area contributed by atoms with Crippen LogP contribution >= 0.6 is 11.8 Å². The average molecular weight is 270 g/mol. The molecular formula is C12H18N2O3S. The smallest absolute Gasteiger partial charge is 0.239 e. The Hall–Kier alpha value is -1.30. The van der Waals surface area contributed by atoms with E-state index < -0.39 is 0 Å². The molecule has 0 radical (unpaired) electrons. The molecule has 6 heteroatoms. The molecule has 0 aromatic heterocycles. The Morgan fingerprint density at radius 1 is 1.06 bits per heavy atom. The maximum absolute atomic E-state index is 11.4. The monoisotopic (exact) mass is 270 g/mol. The molecule has 5 nitrogen and oxygen atoms in total. The number of thioether (sulfide) groups is 1. The Morgan fingerprint density at radius 3 is 2.22 bits per heavy atom. The molecular weight excluding hydrogens is 252 g/mol. The van der Waals surface area contributed by atoms with Crippen molar-refractivity contribution in [1.29, 1.82) is 0 Å². The van der Waals surface area contributed by atoms with Gasteiger partial charge in [0.1, 0.15) is 0 Å². The highest BCUT2D eigenvalue weighted by molar-refractivity contribution is 8.14. The van der Waals surface area contributed by atoms with E-state index in [2.05, 4.69) is 10.6 Å². The van der Waals surface area contributed by atoms with Gasteiger partial charge in [-0.3, -0.25) is 14.4 Å². The molecule has 0 heterocycles. The first kappa shape index (κ1) is 14.8. The summed E-state index contributed by atoms with van der Waals surface area (Å²) in [5.41, 5.74) is 2.62. The second-order valence-corrected chi connectivity index (χ2v) is 5.37. The maximum atomic E-state index is 11.4. The van der Waals surface area contributed by atoms with Crippen LogP contribution in [0, 0.1) is 0 Å². The van der Waals surface area contributed by atoms with Crippen LogP contribution in [0.4, 0.5) is 0 Å². The number of carbonyl (C=O) groups excluding carboxylic acids is 3. The minimum atomic E-state index is -0.303. The Labute approximate surface area is 111 Å². The lowest BCUT2D eigenvalue weighted by molar-refractivity contribution is -0.124. The lowest BCUT2D eigenvalue weighted by Crippen LogP contribution is -2.38. The van der Waals surface area contributed by atoms with Crippen molar-refractivity contribution in [3.05, 3.63) is 11.1 Å². The topological polar surface area (TPSA) is 75.3 Å². The lowest BCUT2D eigenvalue weighted by Gasteiger charge is -2.06. The van der Waals surface area contributed by atoms with Gasteiger partial charge < -0.3 is 10.6 Å². The van der Waals surface area contributed by atoms with Crippen LogP contribution in [0.1, 0.15) is 26.7 Å². The Balaban J connectivity index is 2.11. The summed E-state index contributed by atoms with van der Waals surface area (Å²) >= 11 is 0.931. The summed E-state index contributed by atoms with van der Waals surface area (Å²) in [6, 6.07) is 0. The third-order valence-electron chi connectivity index (χ3n) is 2.51. The first-order valence-electron chi connectivity index (χ1n) is 5.83. The molecule has 18 heavy (non-hydrogen) atoms. The molecule has 2 N–H and O–H groups in total. The molecule has 1 saturated carbocycles. The Kier molecular flexibility index (Phi) is 5.91. The predicted octanol–water partition coefficient (Wildman–Crippen LogP) is 0.609. The largest absolute Gasteiger partial charge is 0.351 e. The molecule has 1 aliphatic rings. The van der Waals surface area contributed by atoms with Crippen molar-refractivity contribution in [2.24, 2.45) is 0 Å². The molecule has 0 aromatic rings. The fraction of sp³-hybridized carbons (Fsp3) is 0.583. The molecule has 0 aliphatic heterocycles. The molecule has 0 atom stereocenters. The summed E-state index contributed by atoms with van der Waals surface area (Å²) in [5, 5.41) is 5.10. The summed E-state index contributed by atoms with van der Waals surface area (Å²) in [6.07, 6.45) is 2.28. The first-order chi connectivity index (χ1) is 8.49. The molecule has 1 fully saturated rings. The van der Waals surface area contributed by atoms with E-state index in [9.17, 15) is 14.4 Å². The molecule has 0 saturated heterocycles. The Morgan fingerprint density at radius 2 is 1.67 bits per heavy atom. The maximum Gasteiger partial charge on any atom is 0.239 e. The van der Waals surface area contributed by atoms with E-state index in [0.29, 0.717) is 6.54 Å². The first-order valence-corrected chi connectivity index (χ1v) is 6.82. The zero-order chi connectivity index (χ0) is 13.5. The third kappa shape index (κ3) is 6.44. The summed E-state index contributed by atoms with van der Waals surface area (Å²) in [5.74, 6) is -0.453. The molecule has 0 aromatic carbocycles. The number of amides is 2. The van der Waals surface area contributed by atoms with Crippen LogP contribution in [-0.4, -0.2) is 35.8 Å². The number of hydrogen-bond donors (Lipinski definition) is 2. The normalized spacial score (nSPS) is 12.9. The van der Waals surface area contributed by atoms with Gasteiger partial charge in [-0.1, -0.05) is 22.9 Å². The van der Waals surface area contributed by atoms with Gasteiger partial charge in [0.15, 0.2) is 5.12 Å². The SMILES string of the molecule is CC(=O)SCC(=O)NCC(=O)NCC(C)=C1CC1. The van der Waals surface area contributed by atoms with Gasteiger partial charge >= 0.3 is 0 Å². The quantitative estimate of drug-likeness (QED) is 0.693. The molecule has 100 valence electrons. The highest BCUT2D eigenvalue weighted by Gasteiger charge is 2.14. The van der Waals surface area contributed by atoms with Gasteiger partial charge in [-0.2, -0.15) is 0 Å². The highest BCUT2D eigenvalue weighted by Crippen LogP contribution is 2.30. The number of rotatable bonds is 6. The van der Waals surface area contributed by atoms with Crippen molar-refractivity contribution in [2.45, 2.75) is 26.7 Å². The highest BCUT2D eigenvalue weighted by atomic mass is 32.2. The molecule has 1 rings (SSSR count). The summed E-state index contributed by atoms with van der Waals surface area (Å²) in [6.45, 7) is 3.91. The van der Waals surface area contributed by atoms with E-state index in [-0.39, 0.29) is 29.2 Å². The number of nitrogens with one attached hydrogen (secondary N) is 2. The van der Waals surface area contributed by atoms with Crippen LogP contribution in [-0.2, 0) is 14.4 Å². The molecule has 1 aliphatic carbocycles. The summed E-state index contributed by atoms with van der Waals surface area (Å²) in [7, 11) is 0. The van der Waals surface area contributed by atoms with Gasteiger partial charge in [-0.15, -0.1) is 0 Å². The second kappa shape index (κ2) is 7.20. The van der Waals surface area contributed by atoms with Gasteiger partial charge in [0, 0.05) is 13.5 Å². The zero-order valence-electron chi connectivity index (χ0n) is 10.7. The van der Waals surface area contributed by atoms with Gasteiger partial charge in [0.2, 0.25) is 11.8 Å².